The Kier molecular flexibility index (Phi) is 4.43. The minimum Gasteiger partial charge on any atom is -0.384 e. The summed E-state index contributed by atoms with van der Waals surface area (Å²) < 4.78 is 0. The third kappa shape index (κ3) is 2.57. The minimum atomic E-state index is -0.417. The predicted molar refractivity (Wildman–Crippen MR) is 125 cm³/mol. The Balaban J connectivity index is 1.61. The third-order valence-electron chi connectivity index (χ3n) is 7.15. The van der Waals surface area contributed by atoms with Crippen LogP contribution in [-0.4, -0.2) is 18.9 Å². The number of nitrogens with zero attached hydrogens (tertiary/aromatic N) is 4. The molecular weight excluding hydrogens is 438 g/mol. The summed E-state index contributed by atoms with van der Waals surface area (Å²) in [5.41, 5.74) is 10.5. The van der Waals surface area contributed by atoms with Crippen molar-refractivity contribution in [3.63, 3.8) is 0 Å². The fourth-order valence-corrected chi connectivity index (χ4v) is 8.00. The van der Waals surface area contributed by atoms with Crippen molar-refractivity contribution in [2.75, 3.05) is 22.9 Å². The first-order valence-electron chi connectivity index (χ1n) is 10.9. The number of fused-ring (bicyclic) bond motifs is 2. The first-order valence-corrected chi connectivity index (χ1v) is 12.6. The van der Waals surface area contributed by atoms with Crippen LogP contribution in [0.4, 0.5) is 10.0 Å². The van der Waals surface area contributed by atoms with Crippen molar-refractivity contribution < 1.29 is 4.79 Å². The Morgan fingerprint density at radius 3 is 2.62 bits per heavy atom. The van der Waals surface area contributed by atoms with Crippen LogP contribution in [-0.2, 0) is 4.79 Å². The molecule has 6 heterocycles. The van der Waals surface area contributed by atoms with Crippen LogP contribution < -0.4 is 15.5 Å². The van der Waals surface area contributed by atoms with Gasteiger partial charge in [0.1, 0.15) is 16.9 Å². The molecule has 6 nitrogen and oxygen atoms in total. The van der Waals surface area contributed by atoms with E-state index in [4.69, 9.17) is 5.73 Å². The van der Waals surface area contributed by atoms with E-state index in [1.54, 1.807) is 22.7 Å². The average molecular weight is 460 g/mol. The zero-order valence-electron chi connectivity index (χ0n) is 17.4. The lowest BCUT2D eigenvalue weighted by Crippen LogP contribution is -2.38. The number of hydrogen-bond donors (Lipinski definition) is 1. The number of Topliss-reactive ketones (excluding diaryl/α,β-unsaturated/α-hetero) is 1. The number of nitriles is 2. The lowest BCUT2D eigenvalue weighted by Gasteiger charge is -2.39. The molecule has 160 valence electrons. The van der Waals surface area contributed by atoms with Crippen LogP contribution in [0.2, 0.25) is 0 Å². The van der Waals surface area contributed by atoms with Crippen LogP contribution in [0, 0.1) is 22.7 Å². The number of carbonyl (C=O) groups is 1. The van der Waals surface area contributed by atoms with Gasteiger partial charge in [-0.3, -0.25) is 9.69 Å². The summed E-state index contributed by atoms with van der Waals surface area (Å²) in [7, 11) is 0. The van der Waals surface area contributed by atoms with E-state index in [0.717, 1.165) is 58.5 Å². The van der Waals surface area contributed by atoms with E-state index >= 15 is 0 Å². The highest BCUT2D eigenvalue weighted by Crippen LogP contribution is 2.55. The standard InChI is InChI=1S/C24H21N5OS2/c25-11-14-20(18-5-2-10-31-18)21-16(3-1-4-17(21)30)29(22(14)27)23-15(12-26)19-13-6-8-28(9-7-13)24(19)32-23/h2,5,10,13,20H,1,3-4,6-9,27H2/t20-/m1/s1. The van der Waals surface area contributed by atoms with Crippen LogP contribution in [0.25, 0.3) is 0 Å². The molecule has 2 aromatic heterocycles. The Morgan fingerprint density at radius 2 is 1.94 bits per heavy atom. The van der Waals surface area contributed by atoms with Gasteiger partial charge in [-0.25, -0.2) is 0 Å². The number of nitrogens with two attached hydrogens (primary N) is 1. The van der Waals surface area contributed by atoms with Gasteiger partial charge in [-0.2, -0.15) is 10.5 Å². The summed E-state index contributed by atoms with van der Waals surface area (Å²) in [6, 6.07) is 8.69. The lowest BCUT2D eigenvalue weighted by atomic mass is 9.78. The molecule has 0 amide bonds. The van der Waals surface area contributed by atoms with Crippen molar-refractivity contribution in [3.8, 4) is 12.1 Å². The third-order valence-corrected chi connectivity index (χ3v) is 9.34. The quantitative estimate of drug-likeness (QED) is 0.700. The number of ketones is 1. The van der Waals surface area contributed by atoms with Crippen LogP contribution in [0.1, 0.15) is 59.9 Å². The van der Waals surface area contributed by atoms with Crippen LogP contribution >= 0.6 is 22.7 Å². The summed E-state index contributed by atoms with van der Waals surface area (Å²) in [5, 5.41) is 24.2. The number of thiophene rings is 2. The Morgan fingerprint density at radius 1 is 1.12 bits per heavy atom. The molecule has 2 bridgehead atoms. The van der Waals surface area contributed by atoms with Crippen molar-refractivity contribution in [2.24, 2.45) is 5.73 Å². The molecule has 32 heavy (non-hydrogen) atoms. The average Bonchev–Trinajstić information content (AvgIpc) is 3.48. The highest BCUT2D eigenvalue weighted by atomic mass is 32.1. The molecule has 8 heteroatoms. The minimum absolute atomic E-state index is 0.0820. The summed E-state index contributed by atoms with van der Waals surface area (Å²) in [5.74, 6) is 0.426. The van der Waals surface area contributed by atoms with Crippen molar-refractivity contribution in [2.45, 2.75) is 43.9 Å². The second kappa shape index (κ2) is 7.23. The molecule has 0 saturated carbocycles. The summed E-state index contributed by atoms with van der Waals surface area (Å²) in [4.78, 5) is 18.4. The maximum atomic E-state index is 13.2. The van der Waals surface area contributed by atoms with Gasteiger partial charge in [-0.05, 0) is 43.0 Å². The number of rotatable bonds is 2. The van der Waals surface area contributed by atoms with Gasteiger partial charge in [-0.15, -0.1) is 11.3 Å². The lowest BCUT2D eigenvalue weighted by molar-refractivity contribution is -0.116. The number of piperidine rings is 1. The largest absolute Gasteiger partial charge is 0.384 e. The van der Waals surface area contributed by atoms with Gasteiger partial charge in [0.15, 0.2) is 5.78 Å². The Bertz CT molecular complexity index is 1280. The maximum absolute atomic E-state index is 13.2. The maximum Gasteiger partial charge on any atom is 0.161 e. The first kappa shape index (κ1) is 19.6. The number of carbonyl (C=O) groups excluding carboxylic acids is 1. The number of anilines is 2. The van der Waals surface area contributed by atoms with Gasteiger partial charge >= 0.3 is 0 Å². The van der Waals surface area contributed by atoms with Crippen LogP contribution in [0.3, 0.4) is 0 Å². The number of hydrogen-bond acceptors (Lipinski definition) is 8. The predicted octanol–water partition coefficient (Wildman–Crippen LogP) is 4.68. The van der Waals surface area contributed by atoms with Crippen molar-refractivity contribution in [3.05, 3.63) is 56.2 Å². The first-order chi connectivity index (χ1) is 15.6. The second-order valence-corrected chi connectivity index (χ2v) is 10.7. The van der Waals surface area contributed by atoms with Gasteiger partial charge in [0.2, 0.25) is 0 Å². The monoisotopic (exact) mass is 459 g/mol. The molecule has 5 aliphatic rings. The summed E-state index contributed by atoms with van der Waals surface area (Å²) in [6.45, 7) is 2.04. The van der Waals surface area contributed by atoms with E-state index in [1.807, 2.05) is 22.4 Å². The van der Waals surface area contributed by atoms with E-state index in [9.17, 15) is 15.3 Å². The molecule has 1 atom stereocenters. The molecule has 0 radical (unpaired) electrons. The van der Waals surface area contributed by atoms with E-state index in [2.05, 4.69) is 17.0 Å². The SMILES string of the molecule is N#CC1=C(N)N(c2sc3c(c2C#N)C2CCN3CC2)C2=C(C(=O)CCC2)[C@H]1c1cccs1. The van der Waals surface area contributed by atoms with E-state index in [0.29, 0.717) is 41.3 Å². The fraction of sp³-hybridized carbons (Fsp3) is 0.375. The fourth-order valence-electron chi connectivity index (χ4n) is 5.73. The Hall–Kier alpha value is -3.07. The smallest absolute Gasteiger partial charge is 0.161 e. The van der Waals surface area contributed by atoms with E-state index in [1.165, 1.54) is 0 Å². The molecular formula is C24H21N5OS2. The van der Waals surface area contributed by atoms with Gasteiger partial charge in [-0.1, -0.05) is 17.4 Å². The molecule has 1 saturated heterocycles. The van der Waals surface area contributed by atoms with Gasteiger partial charge in [0, 0.05) is 41.2 Å². The topological polar surface area (TPSA) is 97.2 Å². The normalized spacial score (nSPS) is 22.7. The summed E-state index contributed by atoms with van der Waals surface area (Å²) >= 11 is 3.13. The zero-order valence-corrected chi connectivity index (χ0v) is 19.1. The number of allylic oxidation sites excluding steroid dienone is 3. The van der Waals surface area contributed by atoms with Crippen LogP contribution in [0.15, 0.2) is 40.2 Å². The zero-order chi connectivity index (χ0) is 22.0. The van der Waals surface area contributed by atoms with Crippen molar-refractivity contribution >= 4 is 38.5 Å². The highest BCUT2D eigenvalue weighted by molar-refractivity contribution is 7.20. The van der Waals surface area contributed by atoms with Crippen LogP contribution in [0.5, 0.6) is 0 Å². The van der Waals surface area contributed by atoms with Gasteiger partial charge in [0.05, 0.1) is 28.1 Å². The van der Waals surface area contributed by atoms with Gasteiger partial charge < -0.3 is 10.6 Å². The van der Waals surface area contributed by atoms with Crippen molar-refractivity contribution in [1.29, 1.82) is 10.5 Å². The molecule has 0 aromatic carbocycles. The Labute approximate surface area is 194 Å². The van der Waals surface area contributed by atoms with E-state index in [-0.39, 0.29) is 5.78 Å². The molecule has 2 aromatic rings. The van der Waals surface area contributed by atoms with E-state index < -0.39 is 5.92 Å². The molecule has 1 aliphatic carbocycles. The molecule has 0 unspecified atom stereocenters. The molecule has 2 N–H and O–H groups in total. The molecule has 1 fully saturated rings. The second-order valence-electron chi connectivity index (χ2n) is 8.71. The summed E-state index contributed by atoms with van der Waals surface area (Å²) in [6.07, 6.45) is 4.08. The molecule has 4 aliphatic heterocycles. The highest BCUT2D eigenvalue weighted by Gasteiger charge is 2.44. The molecule has 0 spiro atoms. The van der Waals surface area contributed by atoms with Gasteiger partial charge in [0.25, 0.3) is 0 Å². The molecule has 7 rings (SSSR count). The van der Waals surface area contributed by atoms with Crippen molar-refractivity contribution in [1.82, 2.24) is 0 Å².